The Bertz CT molecular complexity index is 867. The van der Waals surface area contributed by atoms with Crippen LogP contribution in [-0.2, 0) is 16.0 Å². The van der Waals surface area contributed by atoms with Gasteiger partial charge in [0.15, 0.2) is 6.61 Å². The van der Waals surface area contributed by atoms with Crippen molar-refractivity contribution in [1.82, 2.24) is 0 Å². The molecule has 0 saturated carbocycles. The van der Waals surface area contributed by atoms with Crippen molar-refractivity contribution in [3.8, 4) is 0 Å². The predicted molar refractivity (Wildman–Crippen MR) is 97.6 cm³/mol. The molecule has 0 radical (unpaired) electrons. The van der Waals surface area contributed by atoms with E-state index in [1.54, 1.807) is 0 Å². The second kappa shape index (κ2) is 8.44. The van der Waals surface area contributed by atoms with Crippen LogP contribution in [0.4, 0.5) is 11.4 Å². The first-order valence-electron chi connectivity index (χ1n) is 7.83. The van der Waals surface area contributed by atoms with Crippen molar-refractivity contribution in [2.75, 3.05) is 11.9 Å². The van der Waals surface area contributed by atoms with Crippen LogP contribution in [0.2, 0.25) is 5.02 Å². The average molecular weight is 377 g/mol. The first-order valence-corrected chi connectivity index (χ1v) is 8.20. The Labute approximate surface area is 155 Å². The normalized spacial score (nSPS) is 10.3. The molecular weight excluding hydrogens is 360 g/mol. The molecule has 0 unspecified atom stereocenters. The second-order valence-electron chi connectivity index (χ2n) is 5.51. The van der Waals surface area contributed by atoms with E-state index in [1.807, 2.05) is 32.0 Å². The molecule has 0 aliphatic carbocycles. The van der Waals surface area contributed by atoms with Gasteiger partial charge in [-0.2, -0.15) is 0 Å². The SMILES string of the molecule is CCc1cccc(C)c1NC(=O)COC(=O)c1ccc(Cl)cc1[N+](=O)[O-]. The molecule has 0 fully saturated rings. The Balaban J connectivity index is 2.07. The summed E-state index contributed by atoms with van der Waals surface area (Å²) in [7, 11) is 0. The van der Waals surface area contributed by atoms with E-state index in [0.717, 1.165) is 23.6 Å². The minimum atomic E-state index is -0.969. The number of ether oxygens (including phenoxy) is 1. The summed E-state index contributed by atoms with van der Waals surface area (Å²) in [6.45, 7) is 3.26. The van der Waals surface area contributed by atoms with Crippen molar-refractivity contribution >= 4 is 34.9 Å². The number of aryl methyl sites for hydroxylation is 2. The van der Waals surface area contributed by atoms with Crippen LogP contribution in [0.1, 0.15) is 28.4 Å². The number of benzene rings is 2. The van der Waals surface area contributed by atoms with E-state index in [1.165, 1.54) is 12.1 Å². The van der Waals surface area contributed by atoms with Crippen molar-refractivity contribution in [2.45, 2.75) is 20.3 Å². The van der Waals surface area contributed by atoms with Gasteiger partial charge in [-0.15, -0.1) is 0 Å². The highest BCUT2D eigenvalue weighted by Crippen LogP contribution is 2.24. The fourth-order valence-corrected chi connectivity index (χ4v) is 2.58. The zero-order valence-corrected chi connectivity index (χ0v) is 15.0. The molecule has 26 heavy (non-hydrogen) atoms. The maximum absolute atomic E-state index is 12.1. The number of esters is 1. The zero-order valence-electron chi connectivity index (χ0n) is 14.2. The number of hydrogen-bond donors (Lipinski definition) is 1. The highest BCUT2D eigenvalue weighted by molar-refractivity contribution is 6.31. The van der Waals surface area contributed by atoms with E-state index in [9.17, 15) is 19.7 Å². The van der Waals surface area contributed by atoms with Crippen molar-refractivity contribution in [3.05, 3.63) is 68.2 Å². The third-order valence-electron chi connectivity index (χ3n) is 3.72. The van der Waals surface area contributed by atoms with Crippen LogP contribution < -0.4 is 5.32 Å². The molecule has 136 valence electrons. The number of hydrogen-bond acceptors (Lipinski definition) is 5. The standard InChI is InChI=1S/C18H17ClN2O5/c1-3-12-6-4-5-11(2)17(12)20-16(22)10-26-18(23)14-8-7-13(19)9-15(14)21(24)25/h4-9H,3,10H2,1-2H3,(H,20,22). The number of carbonyl (C=O) groups is 2. The maximum atomic E-state index is 12.1. The summed E-state index contributed by atoms with van der Waals surface area (Å²) < 4.78 is 4.91. The van der Waals surface area contributed by atoms with Gasteiger partial charge in [0, 0.05) is 16.8 Å². The lowest BCUT2D eigenvalue weighted by molar-refractivity contribution is -0.385. The number of nitro groups is 1. The quantitative estimate of drug-likeness (QED) is 0.468. The van der Waals surface area contributed by atoms with Crippen LogP contribution >= 0.6 is 11.6 Å². The molecule has 0 atom stereocenters. The minimum Gasteiger partial charge on any atom is -0.452 e. The monoisotopic (exact) mass is 376 g/mol. The Morgan fingerprint density at radius 3 is 2.65 bits per heavy atom. The smallest absolute Gasteiger partial charge is 0.345 e. The summed E-state index contributed by atoms with van der Waals surface area (Å²) in [5.74, 6) is -1.50. The van der Waals surface area contributed by atoms with E-state index < -0.39 is 29.1 Å². The van der Waals surface area contributed by atoms with Gasteiger partial charge in [-0.3, -0.25) is 14.9 Å². The summed E-state index contributed by atoms with van der Waals surface area (Å²) >= 11 is 5.71. The Morgan fingerprint density at radius 2 is 2.00 bits per heavy atom. The second-order valence-corrected chi connectivity index (χ2v) is 5.94. The number of halogens is 1. The minimum absolute atomic E-state index is 0.123. The number of carbonyl (C=O) groups excluding carboxylic acids is 2. The van der Waals surface area contributed by atoms with Crippen molar-refractivity contribution in [3.63, 3.8) is 0 Å². The fraction of sp³-hybridized carbons (Fsp3) is 0.222. The number of anilines is 1. The lowest BCUT2D eigenvalue weighted by Crippen LogP contribution is -2.22. The number of para-hydroxylation sites is 1. The molecule has 0 bridgehead atoms. The Morgan fingerprint density at radius 1 is 1.27 bits per heavy atom. The maximum Gasteiger partial charge on any atom is 0.345 e. The molecule has 2 rings (SSSR count). The van der Waals surface area contributed by atoms with Gasteiger partial charge in [0.2, 0.25) is 0 Å². The van der Waals surface area contributed by atoms with E-state index in [4.69, 9.17) is 16.3 Å². The Hall–Kier alpha value is -2.93. The van der Waals surface area contributed by atoms with Gasteiger partial charge in [0.1, 0.15) is 5.56 Å². The van der Waals surface area contributed by atoms with Gasteiger partial charge < -0.3 is 10.1 Å². The molecule has 0 aliphatic heterocycles. The molecule has 1 N–H and O–H groups in total. The molecule has 1 amide bonds. The zero-order chi connectivity index (χ0) is 19.3. The molecule has 0 heterocycles. The highest BCUT2D eigenvalue weighted by Gasteiger charge is 2.22. The predicted octanol–water partition coefficient (Wildman–Crippen LogP) is 3.91. The van der Waals surface area contributed by atoms with E-state index in [2.05, 4.69) is 5.32 Å². The van der Waals surface area contributed by atoms with Crippen LogP contribution in [0.15, 0.2) is 36.4 Å². The molecular formula is C18H17ClN2O5. The number of nitrogens with one attached hydrogen (secondary N) is 1. The summed E-state index contributed by atoms with van der Waals surface area (Å²) in [6.07, 6.45) is 0.730. The molecule has 2 aromatic carbocycles. The van der Waals surface area contributed by atoms with Crippen LogP contribution in [0.3, 0.4) is 0 Å². The summed E-state index contributed by atoms with van der Waals surface area (Å²) in [5.41, 5.74) is 1.77. The van der Waals surface area contributed by atoms with Crippen LogP contribution in [0.5, 0.6) is 0 Å². The fourth-order valence-electron chi connectivity index (χ4n) is 2.41. The molecule has 2 aromatic rings. The highest BCUT2D eigenvalue weighted by atomic mass is 35.5. The molecule has 0 aromatic heterocycles. The van der Waals surface area contributed by atoms with Gasteiger partial charge in [0.25, 0.3) is 11.6 Å². The summed E-state index contributed by atoms with van der Waals surface area (Å²) in [4.78, 5) is 34.5. The number of rotatable bonds is 6. The Kier molecular flexibility index (Phi) is 6.30. The van der Waals surface area contributed by atoms with Gasteiger partial charge in [0.05, 0.1) is 4.92 Å². The lowest BCUT2D eigenvalue weighted by Gasteiger charge is -2.13. The van der Waals surface area contributed by atoms with Crippen LogP contribution in [0.25, 0.3) is 0 Å². The summed E-state index contributed by atoms with van der Waals surface area (Å²) in [5, 5.41) is 13.9. The topological polar surface area (TPSA) is 98.5 Å². The van der Waals surface area contributed by atoms with Gasteiger partial charge >= 0.3 is 5.97 Å². The van der Waals surface area contributed by atoms with Gasteiger partial charge in [-0.1, -0.05) is 36.7 Å². The number of amides is 1. The van der Waals surface area contributed by atoms with E-state index in [-0.39, 0.29) is 10.6 Å². The molecule has 8 heteroatoms. The van der Waals surface area contributed by atoms with E-state index in [0.29, 0.717) is 5.69 Å². The van der Waals surface area contributed by atoms with Crippen molar-refractivity contribution in [2.24, 2.45) is 0 Å². The molecule has 0 spiro atoms. The third kappa shape index (κ3) is 4.58. The van der Waals surface area contributed by atoms with Crippen molar-refractivity contribution in [1.29, 1.82) is 0 Å². The number of nitro benzene ring substituents is 1. The van der Waals surface area contributed by atoms with Crippen LogP contribution in [-0.4, -0.2) is 23.4 Å². The molecule has 0 saturated heterocycles. The lowest BCUT2D eigenvalue weighted by atomic mass is 10.1. The molecule has 7 nitrogen and oxygen atoms in total. The van der Waals surface area contributed by atoms with E-state index >= 15 is 0 Å². The molecule has 0 aliphatic rings. The first kappa shape index (κ1) is 19.4. The summed E-state index contributed by atoms with van der Waals surface area (Å²) in [6, 6.07) is 9.23. The largest absolute Gasteiger partial charge is 0.452 e. The van der Waals surface area contributed by atoms with Crippen LogP contribution in [0, 0.1) is 17.0 Å². The number of nitrogens with zero attached hydrogens (tertiary/aromatic N) is 1. The average Bonchev–Trinajstić information content (AvgIpc) is 2.61. The van der Waals surface area contributed by atoms with Gasteiger partial charge in [-0.05, 0) is 36.6 Å². The third-order valence-corrected chi connectivity index (χ3v) is 3.95. The van der Waals surface area contributed by atoms with Gasteiger partial charge in [-0.25, -0.2) is 4.79 Å². The van der Waals surface area contributed by atoms with Crippen molar-refractivity contribution < 1.29 is 19.2 Å². The first-order chi connectivity index (χ1) is 12.3.